The molecule has 0 bridgehead atoms. The number of hydrogen-bond donors (Lipinski definition) is 1. The van der Waals surface area contributed by atoms with E-state index in [-0.39, 0.29) is 11.8 Å². The number of benzene rings is 1. The summed E-state index contributed by atoms with van der Waals surface area (Å²) in [6.07, 6.45) is 0. The first-order valence-corrected chi connectivity index (χ1v) is 5.68. The fourth-order valence-corrected chi connectivity index (χ4v) is 1.28. The molecule has 1 aromatic carbocycles. The normalized spacial score (nSPS) is 10.1. The van der Waals surface area contributed by atoms with Crippen molar-refractivity contribution in [3.63, 3.8) is 0 Å². The summed E-state index contributed by atoms with van der Waals surface area (Å²) in [5.74, 6) is 1.42. The zero-order chi connectivity index (χ0) is 12.7. The smallest absolute Gasteiger partial charge is 0.222 e. The molecule has 1 amide bonds. The van der Waals surface area contributed by atoms with Gasteiger partial charge in [0, 0.05) is 5.92 Å². The molecule has 17 heavy (non-hydrogen) atoms. The summed E-state index contributed by atoms with van der Waals surface area (Å²) in [7, 11) is 1.60. The number of amides is 1. The van der Waals surface area contributed by atoms with E-state index in [4.69, 9.17) is 9.47 Å². The number of carbonyl (C=O) groups excluding carboxylic acids is 1. The minimum absolute atomic E-state index is 0.00117. The summed E-state index contributed by atoms with van der Waals surface area (Å²) < 4.78 is 10.7. The van der Waals surface area contributed by atoms with Gasteiger partial charge in [0.2, 0.25) is 5.91 Å². The SMILES string of the molecule is COc1ccccc1OCCNC(=O)C(C)C. The maximum absolute atomic E-state index is 11.3. The van der Waals surface area contributed by atoms with E-state index in [2.05, 4.69) is 5.32 Å². The summed E-state index contributed by atoms with van der Waals surface area (Å²) in [5.41, 5.74) is 0. The van der Waals surface area contributed by atoms with Crippen LogP contribution < -0.4 is 14.8 Å². The number of rotatable bonds is 6. The second-order valence-corrected chi connectivity index (χ2v) is 3.95. The molecule has 0 aromatic heterocycles. The van der Waals surface area contributed by atoms with E-state index < -0.39 is 0 Å². The lowest BCUT2D eigenvalue weighted by molar-refractivity contribution is -0.124. The summed E-state index contributed by atoms with van der Waals surface area (Å²) in [5, 5.41) is 2.79. The van der Waals surface area contributed by atoms with Crippen molar-refractivity contribution >= 4 is 5.91 Å². The van der Waals surface area contributed by atoms with Crippen LogP contribution in [0.1, 0.15) is 13.8 Å². The molecule has 0 unspecified atom stereocenters. The fraction of sp³-hybridized carbons (Fsp3) is 0.462. The van der Waals surface area contributed by atoms with Crippen LogP contribution in [0.15, 0.2) is 24.3 Å². The number of nitrogens with one attached hydrogen (secondary N) is 1. The van der Waals surface area contributed by atoms with Crippen LogP contribution in [-0.4, -0.2) is 26.2 Å². The van der Waals surface area contributed by atoms with Gasteiger partial charge >= 0.3 is 0 Å². The Hall–Kier alpha value is -1.71. The second kappa shape index (κ2) is 6.78. The highest BCUT2D eigenvalue weighted by atomic mass is 16.5. The van der Waals surface area contributed by atoms with Gasteiger partial charge < -0.3 is 14.8 Å². The van der Waals surface area contributed by atoms with Gasteiger partial charge in [0.1, 0.15) is 6.61 Å². The van der Waals surface area contributed by atoms with Crippen molar-refractivity contribution in [2.24, 2.45) is 5.92 Å². The Morgan fingerprint density at radius 3 is 2.53 bits per heavy atom. The molecule has 0 aliphatic carbocycles. The molecule has 1 N–H and O–H groups in total. The summed E-state index contributed by atoms with van der Waals surface area (Å²) >= 11 is 0. The van der Waals surface area contributed by atoms with Crippen LogP contribution in [-0.2, 0) is 4.79 Å². The topological polar surface area (TPSA) is 47.6 Å². The van der Waals surface area contributed by atoms with Crippen molar-refractivity contribution in [1.82, 2.24) is 5.32 Å². The highest BCUT2D eigenvalue weighted by molar-refractivity contribution is 5.77. The lowest BCUT2D eigenvalue weighted by Gasteiger charge is -2.11. The predicted octanol–water partition coefficient (Wildman–Crippen LogP) is 1.85. The fourth-order valence-electron chi connectivity index (χ4n) is 1.28. The van der Waals surface area contributed by atoms with E-state index in [0.29, 0.717) is 24.7 Å². The largest absolute Gasteiger partial charge is 0.493 e. The number of para-hydroxylation sites is 2. The first-order valence-electron chi connectivity index (χ1n) is 5.68. The third kappa shape index (κ3) is 4.34. The summed E-state index contributed by atoms with van der Waals surface area (Å²) in [6, 6.07) is 7.43. The summed E-state index contributed by atoms with van der Waals surface area (Å²) in [6.45, 7) is 4.64. The van der Waals surface area contributed by atoms with Gasteiger partial charge in [0.05, 0.1) is 13.7 Å². The average Bonchev–Trinajstić information content (AvgIpc) is 2.34. The van der Waals surface area contributed by atoms with Crippen LogP contribution in [0.25, 0.3) is 0 Å². The molecule has 1 rings (SSSR count). The average molecular weight is 237 g/mol. The molecule has 94 valence electrons. The molecule has 0 atom stereocenters. The lowest BCUT2D eigenvalue weighted by Crippen LogP contribution is -2.31. The van der Waals surface area contributed by atoms with E-state index in [1.165, 1.54) is 0 Å². The molecule has 0 saturated carbocycles. The first kappa shape index (κ1) is 13.4. The maximum Gasteiger partial charge on any atom is 0.222 e. The molecule has 1 aromatic rings. The number of hydrogen-bond acceptors (Lipinski definition) is 3. The van der Waals surface area contributed by atoms with E-state index in [9.17, 15) is 4.79 Å². The van der Waals surface area contributed by atoms with Crippen LogP contribution in [0.4, 0.5) is 0 Å². The monoisotopic (exact) mass is 237 g/mol. The molecule has 4 nitrogen and oxygen atoms in total. The van der Waals surface area contributed by atoms with Crippen molar-refractivity contribution < 1.29 is 14.3 Å². The molecule has 0 spiro atoms. The number of ether oxygens (including phenoxy) is 2. The second-order valence-electron chi connectivity index (χ2n) is 3.95. The Kier molecular flexibility index (Phi) is 5.33. The van der Waals surface area contributed by atoms with Crippen LogP contribution in [0, 0.1) is 5.92 Å². The molecule has 0 radical (unpaired) electrons. The quantitative estimate of drug-likeness (QED) is 0.768. The minimum atomic E-state index is 0.00117. The standard InChI is InChI=1S/C13H19NO3/c1-10(2)13(15)14-8-9-17-12-7-5-4-6-11(12)16-3/h4-7,10H,8-9H2,1-3H3,(H,14,15). The van der Waals surface area contributed by atoms with Gasteiger partial charge in [-0.3, -0.25) is 4.79 Å². The third-order valence-electron chi connectivity index (χ3n) is 2.25. The van der Waals surface area contributed by atoms with Crippen molar-refractivity contribution in [3.05, 3.63) is 24.3 Å². The van der Waals surface area contributed by atoms with E-state index >= 15 is 0 Å². The zero-order valence-electron chi connectivity index (χ0n) is 10.5. The molecule has 0 heterocycles. The van der Waals surface area contributed by atoms with Gasteiger partial charge in [-0.1, -0.05) is 26.0 Å². The van der Waals surface area contributed by atoms with Crippen molar-refractivity contribution in [3.8, 4) is 11.5 Å². The van der Waals surface area contributed by atoms with E-state index in [1.807, 2.05) is 38.1 Å². The van der Waals surface area contributed by atoms with Crippen LogP contribution in [0.2, 0.25) is 0 Å². The Bertz CT molecular complexity index is 363. The van der Waals surface area contributed by atoms with Gasteiger partial charge in [-0.25, -0.2) is 0 Å². The van der Waals surface area contributed by atoms with Crippen LogP contribution >= 0.6 is 0 Å². The van der Waals surface area contributed by atoms with E-state index in [0.717, 1.165) is 0 Å². The predicted molar refractivity (Wildman–Crippen MR) is 66.3 cm³/mol. The molecule has 0 aliphatic rings. The van der Waals surface area contributed by atoms with Gasteiger partial charge in [0.15, 0.2) is 11.5 Å². The molecule has 4 heteroatoms. The van der Waals surface area contributed by atoms with Gasteiger partial charge in [-0.2, -0.15) is 0 Å². The lowest BCUT2D eigenvalue weighted by atomic mass is 10.2. The third-order valence-corrected chi connectivity index (χ3v) is 2.25. The van der Waals surface area contributed by atoms with Gasteiger partial charge in [-0.15, -0.1) is 0 Å². The molecule has 0 saturated heterocycles. The highest BCUT2D eigenvalue weighted by Crippen LogP contribution is 2.25. The number of carbonyl (C=O) groups is 1. The first-order chi connectivity index (χ1) is 8.15. The van der Waals surface area contributed by atoms with Crippen LogP contribution in [0.3, 0.4) is 0 Å². The molecule has 0 aliphatic heterocycles. The van der Waals surface area contributed by atoms with E-state index in [1.54, 1.807) is 7.11 Å². The Labute approximate surface area is 102 Å². The van der Waals surface area contributed by atoms with Crippen molar-refractivity contribution in [1.29, 1.82) is 0 Å². The molecular formula is C13H19NO3. The van der Waals surface area contributed by atoms with Gasteiger partial charge in [-0.05, 0) is 12.1 Å². The Morgan fingerprint density at radius 1 is 1.29 bits per heavy atom. The zero-order valence-corrected chi connectivity index (χ0v) is 10.5. The summed E-state index contributed by atoms with van der Waals surface area (Å²) in [4.78, 5) is 11.3. The Morgan fingerprint density at radius 2 is 1.94 bits per heavy atom. The van der Waals surface area contributed by atoms with Crippen molar-refractivity contribution in [2.45, 2.75) is 13.8 Å². The van der Waals surface area contributed by atoms with Gasteiger partial charge in [0.25, 0.3) is 0 Å². The van der Waals surface area contributed by atoms with Crippen LogP contribution in [0.5, 0.6) is 11.5 Å². The number of methoxy groups -OCH3 is 1. The maximum atomic E-state index is 11.3. The molecule has 0 fully saturated rings. The molecular weight excluding hydrogens is 218 g/mol. The van der Waals surface area contributed by atoms with Crippen molar-refractivity contribution in [2.75, 3.05) is 20.3 Å². The Balaban J connectivity index is 2.33. The highest BCUT2D eigenvalue weighted by Gasteiger charge is 2.06. The minimum Gasteiger partial charge on any atom is -0.493 e.